The summed E-state index contributed by atoms with van der Waals surface area (Å²) in [5, 5.41) is 0.745. The second-order valence-corrected chi connectivity index (χ2v) is 8.95. The first-order valence-corrected chi connectivity index (χ1v) is 8.66. The second-order valence-electron chi connectivity index (χ2n) is 3.65. The van der Waals surface area contributed by atoms with E-state index in [1.165, 1.54) is 12.1 Å². The molecule has 0 saturated carbocycles. The summed E-state index contributed by atoms with van der Waals surface area (Å²) >= 11 is 0. The molecule has 1 aromatic rings. The third kappa shape index (κ3) is 2.77. The molecule has 1 rings (SSSR count). The molecule has 0 unspecified atom stereocenters. The van der Waals surface area contributed by atoms with Crippen LogP contribution in [0.25, 0.3) is 0 Å². The lowest BCUT2D eigenvalue weighted by Crippen LogP contribution is -2.41. The van der Waals surface area contributed by atoms with E-state index in [1.807, 2.05) is 0 Å². The smallest absolute Gasteiger partial charge is 0.356 e. The van der Waals surface area contributed by atoms with Gasteiger partial charge in [0.2, 0.25) is 8.32 Å². The molecule has 0 heterocycles. The molecule has 0 aliphatic rings. The molecule has 1 aromatic carbocycles. The van der Waals surface area contributed by atoms with Crippen molar-refractivity contribution in [3.8, 4) is 0 Å². The zero-order valence-corrected chi connectivity index (χ0v) is 9.90. The van der Waals surface area contributed by atoms with Crippen molar-refractivity contribution >= 4 is 26.4 Å². The zero-order chi connectivity index (χ0) is 11.0. The second kappa shape index (κ2) is 3.60. The Balaban J connectivity index is 3.08. The van der Waals surface area contributed by atoms with E-state index in [1.54, 1.807) is 25.2 Å². The minimum absolute atomic E-state index is 0.0144. The lowest BCUT2D eigenvalue weighted by atomic mass is 10.4. The predicted octanol–water partition coefficient (Wildman–Crippen LogP) is -0.106. The van der Waals surface area contributed by atoms with Crippen molar-refractivity contribution < 1.29 is 19.1 Å². The van der Waals surface area contributed by atoms with Gasteiger partial charge in [0, 0.05) is 0 Å². The van der Waals surface area contributed by atoms with Crippen LogP contribution < -0.4 is 10.5 Å². The van der Waals surface area contributed by atoms with Gasteiger partial charge in [-0.3, -0.25) is 4.57 Å². The van der Waals surface area contributed by atoms with Crippen LogP contribution in [0.5, 0.6) is 0 Å². The van der Waals surface area contributed by atoms with Gasteiger partial charge in [0.25, 0.3) is 0 Å². The van der Waals surface area contributed by atoms with Crippen molar-refractivity contribution in [1.29, 1.82) is 0 Å². The van der Waals surface area contributed by atoms with Crippen molar-refractivity contribution in [2.45, 2.75) is 13.1 Å². The molecule has 0 fully saturated rings. The van der Waals surface area contributed by atoms with Crippen LogP contribution >= 0.6 is 7.60 Å². The third-order valence-electron chi connectivity index (χ3n) is 1.91. The molecule has 0 spiro atoms. The fourth-order valence-corrected chi connectivity index (χ4v) is 2.58. The Bertz CT molecular complexity index is 362. The first-order valence-electron chi connectivity index (χ1n) is 4.10. The average Bonchev–Trinajstić information content (AvgIpc) is 2.01. The SMILES string of the molecule is C[Si](C)(O)c1ccc(P(=O)(O)O)cc1. The highest BCUT2D eigenvalue weighted by Gasteiger charge is 2.22. The minimum Gasteiger partial charge on any atom is -0.428 e. The molecule has 0 aliphatic heterocycles. The van der Waals surface area contributed by atoms with Crippen molar-refractivity contribution in [3.63, 3.8) is 0 Å². The molecule has 3 N–H and O–H groups in total. The van der Waals surface area contributed by atoms with Crippen molar-refractivity contribution in [1.82, 2.24) is 0 Å². The van der Waals surface area contributed by atoms with E-state index in [2.05, 4.69) is 0 Å². The molecular formula is C8H13O4PSi. The van der Waals surface area contributed by atoms with Crippen LogP contribution in [0.15, 0.2) is 24.3 Å². The van der Waals surface area contributed by atoms with Gasteiger partial charge in [0.1, 0.15) is 0 Å². The Labute approximate surface area is 83.5 Å². The summed E-state index contributed by atoms with van der Waals surface area (Å²) in [6.45, 7) is 3.50. The topological polar surface area (TPSA) is 77.8 Å². The minimum atomic E-state index is -4.16. The van der Waals surface area contributed by atoms with Crippen LogP contribution in [0, 0.1) is 0 Å². The molecule has 0 radical (unpaired) electrons. The van der Waals surface area contributed by atoms with E-state index in [9.17, 15) is 9.36 Å². The zero-order valence-electron chi connectivity index (χ0n) is 8.01. The van der Waals surface area contributed by atoms with Crippen LogP contribution in [-0.4, -0.2) is 22.9 Å². The number of hydrogen-bond acceptors (Lipinski definition) is 2. The van der Waals surface area contributed by atoms with Crippen LogP contribution in [-0.2, 0) is 4.57 Å². The summed E-state index contributed by atoms with van der Waals surface area (Å²) in [5.41, 5.74) is 0. The van der Waals surface area contributed by atoms with E-state index in [4.69, 9.17) is 9.79 Å². The van der Waals surface area contributed by atoms with Gasteiger partial charge in [0.15, 0.2) is 0 Å². The quantitative estimate of drug-likeness (QED) is 0.491. The van der Waals surface area contributed by atoms with Gasteiger partial charge in [-0.05, 0) is 30.4 Å². The Morgan fingerprint density at radius 3 is 1.86 bits per heavy atom. The largest absolute Gasteiger partial charge is 0.428 e. The Hall–Kier alpha value is -0.453. The van der Waals surface area contributed by atoms with Gasteiger partial charge in [0.05, 0.1) is 5.30 Å². The van der Waals surface area contributed by atoms with Crippen LogP contribution in [0.4, 0.5) is 0 Å². The van der Waals surface area contributed by atoms with Crippen molar-refractivity contribution in [2.24, 2.45) is 0 Å². The molecule has 0 aliphatic carbocycles. The van der Waals surface area contributed by atoms with Gasteiger partial charge in [-0.15, -0.1) is 0 Å². The molecule has 0 aromatic heterocycles. The van der Waals surface area contributed by atoms with Crippen LogP contribution in [0.2, 0.25) is 13.1 Å². The number of benzene rings is 1. The van der Waals surface area contributed by atoms with Crippen molar-refractivity contribution in [2.75, 3.05) is 0 Å². The molecular weight excluding hydrogens is 219 g/mol. The molecule has 4 nitrogen and oxygen atoms in total. The molecule has 6 heteroatoms. The maximum Gasteiger partial charge on any atom is 0.356 e. The van der Waals surface area contributed by atoms with Gasteiger partial charge in [-0.2, -0.15) is 0 Å². The van der Waals surface area contributed by atoms with E-state index < -0.39 is 15.9 Å². The Morgan fingerprint density at radius 2 is 1.57 bits per heavy atom. The summed E-state index contributed by atoms with van der Waals surface area (Å²) in [7, 11) is -6.52. The van der Waals surface area contributed by atoms with Crippen LogP contribution in [0.1, 0.15) is 0 Å². The standard InChI is InChI=1S/C8H13O4PSi/c1-14(2,12)8-5-3-7(4-6-8)13(9,10)11/h3-6,12H,1-2H3,(H2,9,10,11). The highest BCUT2D eigenvalue weighted by molar-refractivity contribution is 7.60. The van der Waals surface area contributed by atoms with E-state index in [0.29, 0.717) is 0 Å². The summed E-state index contributed by atoms with van der Waals surface area (Å²) < 4.78 is 10.8. The number of rotatable bonds is 2. The highest BCUT2D eigenvalue weighted by Crippen LogP contribution is 2.32. The third-order valence-corrected chi connectivity index (χ3v) is 4.63. The van der Waals surface area contributed by atoms with Gasteiger partial charge >= 0.3 is 7.60 Å². The number of hydrogen-bond donors (Lipinski definition) is 3. The van der Waals surface area contributed by atoms with Gasteiger partial charge in [-0.1, -0.05) is 12.1 Å². The summed E-state index contributed by atoms with van der Waals surface area (Å²) in [6.07, 6.45) is 0. The molecule has 0 amide bonds. The molecule has 0 saturated heterocycles. The molecule has 14 heavy (non-hydrogen) atoms. The molecule has 78 valence electrons. The maximum absolute atomic E-state index is 10.8. The fourth-order valence-electron chi connectivity index (χ4n) is 1.06. The highest BCUT2D eigenvalue weighted by atomic mass is 31.2. The van der Waals surface area contributed by atoms with Gasteiger partial charge < -0.3 is 14.6 Å². The summed E-state index contributed by atoms with van der Waals surface area (Å²) in [5.74, 6) is 0. The first kappa shape index (κ1) is 11.6. The fraction of sp³-hybridized carbons (Fsp3) is 0.250. The average molecular weight is 232 g/mol. The lowest BCUT2D eigenvalue weighted by molar-refractivity contribution is 0.387. The lowest BCUT2D eigenvalue weighted by Gasteiger charge is -2.14. The van der Waals surface area contributed by atoms with E-state index in [0.717, 1.165) is 5.19 Å². The maximum atomic E-state index is 10.8. The Kier molecular flexibility index (Phi) is 2.99. The predicted molar refractivity (Wildman–Crippen MR) is 57.5 cm³/mol. The molecule has 0 bridgehead atoms. The first-order chi connectivity index (χ1) is 6.21. The summed E-state index contributed by atoms with van der Waals surface area (Å²) in [6, 6.07) is 5.86. The Morgan fingerprint density at radius 1 is 1.14 bits per heavy atom. The van der Waals surface area contributed by atoms with Crippen molar-refractivity contribution in [3.05, 3.63) is 24.3 Å². The summed E-state index contributed by atoms with van der Waals surface area (Å²) in [4.78, 5) is 27.4. The van der Waals surface area contributed by atoms with Crippen LogP contribution in [0.3, 0.4) is 0 Å². The van der Waals surface area contributed by atoms with E-state index in [-0.39, 0.29) is 5.30 Å². The molecule has 0 atom stereocenters. The normalized spacial score (nSPS) is 12.9. The van der Waals surface area contributed by atoms with E-state index >= 15 is 0 Å². The van der Waals surface area contributed by atoms with Gasteiger partial charge in [-0.25, -0.2) is 0 Å². The monoisotopic (exact) mass is 232 g/mol.